The first kappa shape index (κ1) is 17.9. The van der Waals surface area contributed by atoms with Crippen molar-refractivity contribution in [3.8, 4) is 28.2 Å². The van der Waals surface area contributed by atoms with E-state index in [9.17, 15) is 0 Å². The fourth-order valence-electron chi connectivity index (χ4n) is 4.77. The van der Waals surface area contributed by atoms with Crippen LogP contribution in [0, 0.1) is 0 Å². The van der Waals surface area contributed by atoms with Crippen LogP contribution in [0.25, 0.3) is 28.0 Å². The standard InChI is InChI=1S/C26H25NO2/c1-5-8-21-25-18(12-13-19-23(25)16(2)15-26(3,4)27-19)24-17(20-11-7-14-28-20)9-6-10-22(24)29-21/h5-7,9-15,21,27H,1,8H2,2-4H3. The van der Waals surface area contributed by atoms with Crippen molar-refractivity contribution in [1.29, 1.82) is 0 Å². The molecule has 1 aromatic heterocycles. The Hall–Kier alpha value is -3.20. The molecule has 0 saturated heterocycles. The van der Waals surface area contributed by atoms with E-state index in [1.165, 1.54) is 22.3 Å². The highest BCUT2D eigenvalue weighted by atomic mass is 16.5. The minimum absolute atomic E-state index is 0.0665. The van der Waals surface area contributed by atoms with Gasteiger partial charge in [0.2, 0.25) is 0 Å². The highest BCUT2D eigenvalue weighted by molar-refractivity contribution is 5.94. The lowest BCUT2D eigenvalue weighted by atomic mass is 9.80. The molecule has 3 heterocycles. The highest BCUT2D eigenvalue weighted by Gasteiger charge is 2.34. The van der Waals surface area contributed by atoms with Crippen molar-refractivity contribution >= 4 is 11.3 Å². The van der Waals surface area contributed by atoms with Crippen LogP contribution in [0.15, 0.2) is 71.9 Å². The zero-order chi connectivity index (χ0) is 20.2. The van der Waals surface area contributed by atoms with Gasteiger partial charge in [0.1, 0.15) is 17.6 Å². The average molecular weight is 383 g/mol. The minimum atomic E-state index is -0.0774. The van der Waals surface area contributed by atoms with Gasteiger partial charge in [0.15, 0.2) is 0 Å². The molecule has 2 aliphatic heterocycles. The molecule has 0 saturated carbocycles. The highest BCUT2D eigenvalue weighted by Crippen LogP contribution is 2.52. The van der Waals surface area contributed by atoms with Crippen LogP contribution >= 0.6 is 0 Å². The maximum absolute atomic E-state index is 6.54. The predicted octanol–water partition coefficient (Wildman–Crippen LogP) is 7.23. The van der Waals surface area contributed by atoms with Crippen LogP contribution in [0.4, 0.5) is 5.69 Å². The largest absolute Gasteiger partial charge is 0.485 e. The summed E-state index contributed by atoms with van der Waals surface area (Å²) in [4.78, 5) is 0. The quantitative estimate of drug-likeness (QED) is 0.484. The van der Waals surface area contributed by atoms with E-state index in [1.54, 1.807) is 6.26 Å². The fourth-order valence-corrected chi connectivity index (χ4v) is 4.77. The summed E-state index contributed by atoms with van der Waals surface area (Å²) in [6.07, 6.45) is 6.64. The summed E-state index contributed by atoms with van der Waals surface area (Å²) < 4.78 is 12.3. The summed E-state index contributed by atoms with van der Waals surface area (Å²) >= 11 is 0. The average Bonchev–Trinajstić information content (AvgIpc) is 3.21. The number of hydrogen-bond donors (Lipinski definition) is 1. The van der Waals surface area contributed by atoms with E-state index in [0.29, 0.717) is 0 Å². The van der Waals surface area contributed by atoms with Crippen LogP contribution < -0.4 is 10.1 Å². The Bertz CT molecular complexity index is 1140. The summed E-state index contributed by atoms with van der Waals surface area (Å²) in [5.41, 5.74) is 8.18. The molecule has 0 fully saturated rings. The maximum atomic E-state index is 6.54. The first-order valence-electron chi connectivity index (χ1n) is 10.1. The Morgan fingerprint density at radius 2 is 1.93 bits per heavy atom. The first-order valence-corrected chi connectivity index (χ1v) is 10.1. The van der Waals surface area contributed by atoms with Gasteiger partial charge in [-0.25, -0.2) is 0 Å². The third-order valence-electron chi connectivity index (χ3n) is 5.73. The van der Waals surface area contributed by atoms with Gasteiger partial charge in [-0.2, -0.15) is 0 Å². The molecule has 0 amide bonds. The van der Waals surface area contributed by atoms with Gasteiger partial charge in [-0.3, -0.25) is 0 Å². The zero-order valence-electron chi connectivity index (χ0n) is 17.1. The van der Waals surface area contributed by atoms with Gasteiger partial charge in [0, 0.05) is 34.4 Å². The molecular formula is C26H25NO2. The lowest BCUT2D eigenvalue weighted by molar-refractivity contribution is 0.205. The molecular weight excluding hydrogens is 358 g/mol. The minimum Gasteiger partial charge on any atom is -0.485 e. The Morgan fingerprint density at radius 3 is 2.69 bits per heavy atom. The van der Waals surface area contributed by atoms with Gasteiger partial charge in [-0.05, 0) is 56.2 Å². The Morgan fingerprint density at radius 1 is 1.07 bits per heavy atom. The van der Waals surface area contributed by atoms with Crippen molar-refractivity contribution in [3.05, 3.63) is 78.6 Å². The summed E-state index contributed by atoms with van der Waals surface area (Å²) in [6.45, 7) is 10.6. The molecule has 0 spiro atoms. The van der Waals surface area contributed by atoms with E-state index in [2.05, 4.69) is 56.9 Å². The van der Waals surface area contributed by atoms with Gasteiger partial charge in [-0.1, -0.05) is 30.4 Å². The topological polar surface area (TPSA) is 34.4 Å². The SMILES string of the molecule is C=CCC1Oc2cccc(-c3ccco3)c2-c2ccc3c(c21)C(C)=CC(C)(C)N3. The normalized spacial score (nSPS) is 18.4. The lowest BCUT2D eigenvalue weighted by Gasteiger charge is -2.37. The smallest absolute Gasteiger partial charge is 0.134 e. The second-order valence-corrected chi connectivity index (χ2v) is 8.41. The van der Waals surface area contributed by atoms with Crippen molar-refractivity contribution in [2.24, 2.45) is 0 Å². The van der Waals surface area contributed by atoms with E-state index in [0.717, 1.165) is 34.7 Å². The molecule has 0 bridgehead atoms. The summed E-state index contributed by atoms with van der Waals surface area (Å²) in [6, 6.07) is 14.5. The van der Waals surface area contributed by atoms with Crippen LogP contribution in [0.5, 0.6) is 5.75 Å². The number of anilines is 1. The number of rotatable bonds is 3. The molecule has 1 atom stereocenters. The van der Waals surface area contributed by atoms with E-state index in [4.69, 9.17) is 9.15 Å². The Balaban J connectivity index is 1.81. The van der Waals surface area contributed by atoms with E-state index in [-0.39, 0.29) is 11.6 Å². The monoisotopic (exact) mass is 383 g/mol. The van der Waals surface area contributed by atoms with Crippen molar-refractivity contribution in [1.82, 2.24) is 0 Å². The molecule has 0 radical (unpaired) electrons. The zero-order valence-corrected chi connectivity index (χ0v) is 17.1. The molecule has 5 rings (SSSR count). The number of benzene rings is 2. The molecule has 1 N–H and O–H groups in total. The first-order chi connectivity index (χ1) is 14.0. The fraction of sp³-hybridized carbons (Fsp3) is 0.231. The number of furan rings is 1. The lowest BCUT2D eigenvalue weighted by Crippen LogP contribution is -2.32. The van der Waals surface area contributed by atoms with Crippen molar-refractivity contribution < 1.29 is 9.15 Å². The number of hydrogen-bond acceptors (Lipinski definition) is 3. The molecule has 0 aliphatic carbocycles. The van der Waals surface area contributed by atoms with E-state index in [1.807, 2.05) is 30.3 Å². The number of ether oxygens (including phenoxy) is 1. The van der Waals surface area contributed by atoms with Crippen molar-refractivity contribution in [3.63, 3.8) is 0 Å². The second kappa shape index (κ2) is 6.41. The van der Waals surface area contributed by atoms with Gasteiger partial charge >= 0.3 is 0 Å². The van der Waals surface area contributed by atoms with E-state index >= 15 is 0 Å². The van der Waals surface area contributed by atoms with Crippen molar-refractivity contribution in [2.75, 3.05) is 5.32 Å². The molecule has 146 valence electrons. The van der Waals surface area contributed by atoms with Crippen LogP contribution in [-0.2, 0) is 0 Å². The third-order valence-corrected chi connectivity index (χ3v) is 5.73. The molecule has 2 aliphatic rings. The van der Waals surface area contributed by atoms with Crippen molar-refractivity contribution in [2.45, 2.75) is 38.8 Å². The number of allylic oxidation sites excluding steroid dienone is 1. The number of fused-ring (bicyclic) bond motifs is 5. The van der Waals surface area contributed by atoms with E-state index < -0.39 is 0 Å². The second-order valence-electron chi connectivity index (χ2n) is 8.41. The molecule has 29 heavy (non-hydrogen) atoms. The van der Waals surface area contributed by atoms with Crippen LogP contribution in [0.2, 0.25) is 0 Å². The van der Waals surface area contributed by atoms with Crippen LogP contribution in [0.1, 0.15) is 44.4 Å². The number of nitrogens with one attached hydrogen (secondary N) is 1. The van der Waals surface area contributed by atoms with Gasteiger partial charge < -0.3 is 14.5 Å². The van der Waals surface area contributed by atoms with Crippen LogP contribution in [0.3, 0.4) is 0 Å². The Kier molecular flexibility index (Phi) is 3.95. The van der Waals surface area contributed by atoms with Gasteiger partial charge in [0.25, 0.3) is 0 Å². The summed E-state index contributed by atoms with van der Waals surface area (Å²) in [5.74, 6) is 1.74. The van der Waals surface area contributed by atoms with Gasteiger partial charge in [0.05, 0.1) is 11.8 Å². The summed E-state index contributed by atoms with van der Waals surface area (Å²) in [7, 11) is 0. The molecule has 3 aromatic rings. The predicted molar refractivity (Wildman–Crippen MR) is 119 cm³/mol. The third kappa shape index (κ3) is 2.80. The molecule has 3 nitrogen and oxygen atoms in total. The molecule has 1 unspecified atom stereocenters. The Labute approximate surface area is 171 Å². The molecule has 3 heteroatoms. The maximum Gasteiger partial charge on any atom is 0.134 e. The van der Waals surface area contributed by atoms with Gasteiger partial charge in [-0.15, -0.1) is 6.58 Å². The summed E-state index contributed by atoms with van der Waals surface area (Å²) in [5, 5.41) is 3.67. The molecule has 2 aromatic carbocycles. The van der Waals surface area contributed by atoms with Crippen LogP contribution in [-0.4, -0.2) is 5.54 Å².